The van der Waals surface area contributed by atoms with Crippen molar-refractivity contribution in [1.82, 2.24) is 15.8 Å². The Labute approximate surface area is 174 Å². The fraction of sp³-hybridized carbons (Fsp3) is 0.812. The van der Waals surface area contributed by atoms with E-state index in [0.29, 0.717) is 25.8 Å². The molecule has 0 bridgehead atoms. The van der Waals surface area contributed by atoms with Crippen molar-refractivity contribution in [2.45, 2.75) is 68.4 Å². The molecular weight excluding hydrogens is 421 g/mol. The number of alkyl halides is 3. The maximum Gasteiger partial charge on any atom is 0.408 e. The van der Waals surface area contributed by atoms with Gasteiger partial charge >= 0.3 is 12.1 Å². The first-order valence-corrected chi connectivity index (χ1v) is 9.78. The Morgan fingerprint density at radius 1 is 1.30 bits per heavy atom. The van der Waals surface area contributed by atoms with Gasteiger partial charge in [0.1, 0.15) is 24.3 Å². The average molecular weight is 447 g/mol. The van der Waals surface area contributed by atoms with Crippen LogP contribution in [0.25, 0.3) is 0 Å². The summed E-state index contributed by atoms with van der Waals surface area (Å²) in [4.78, 5) is 36.5. The molecule has 11 heteroatoms. The molecule has 0 spiro atoms. The maximum absolute atomic E-state index is 12.5. The number of carbonyl (C=O) groups is 3. The predicted octanol–water partition coefficient (Wildman–Crippen LogP) is 2.70. The highest BCUT2D eigenvalue weighted by Crippen LogP contribution is 2.26. The molecule has 0 aromatic rings. The molecule has 1 saturated heterocycles. The van der Waals surface area contributed by atoms with E-state index in [1.54, 1.807) is 13.8 Å². The van der Waals surface area contributed by atoms with Gasteiger partial charge in [0.25, 0.3) is 5.91 Å². The molecule has 156 valence electrons. The lowest BCUT2D eigenvalue weighted by Crippen LogP contribution is -2.59. The molecule has 1 rings (SSSR count). The van der Waals surface area contributed by atoms with Gasteiger partial charge in [0.15, 0.2) is 0 Å². The van der Waals surface area contributed by atoms with Gasteiger partial charge in [-0.05, 0) is 40.0 Å². The zero-order valence-electron chi connectivity index (χ0n) is 15.8. The molecule has 2 atom stereocenters. The lowest BCUT2D eigenvalue weighted by Gasteiger charge is -2.34. The topological polar surface area (TPSA) is 97.0 Å². The molecule has 0 saturated carbocycles. The summed E-state index contributed by atoms with van der Waals surface area (Å²) in [6.07, 6.45) is 0.996. The van der Waals surface area contributed by atoms with Crippen LogP contribution in [0.15, 0.2) is 0 Å². The van der Waals surface area contributed by atoms with E-state index in [1.807, 2.05) is 6.92 Å². The molecule has 2 N–H and O–H groups in total. The van der Waals surface area contributed by atoms with Crippen molar-refractivity contribution in [3.8, 4) is 0 Å². The van der Waals surface area contributed by atoms with Gasteiger partial charge in [-0.25, -0.2) is 10.2 Å². The number of carbonyl (C=O) groups excluding carboxylic acids is 3. The molecule has 0 unspecified atom stereocenters. The normalized spacial score (nSPS) is 19.2. The zero-order valence-corrected chi connectivity index (χ0v) is 18.1. The molecule has 1 aliphatic heterocycles. The predicted molar refractivity (Wildman–Crippen MR) is 103 cm³/mol. The van der Waals surface area contributed by atoms with Crippen molar-refractivity contribution < 1.29 is 23.9 Å². The number of hydrogen-bond donors (Lipinski definition) is 2. The van der Waals surface area contributed by atoms with Crippen molar-refractivity contribution in [2.24, 2.45) is 0 Å². The van der Waals surface area contributed by atoms with Crippen LogP contribution in [0.5, 0.6) is 0 Å². The van der Waals surface area contributed by atoms with Crippen molar-refractivity contribution in [2.75, 3.05) is 13.2 Å². The molecule has 1 heterocycles. The summed E-state index contributed by atoms with van der Waals surface area (Å²) < 4.78 is 8.50. The number of nitrogens with zero attached hydrogens (tertiary/aromatic N) is 1. The third-order valence-electron chi connectivity index (χ3n) is 4.04. The minimum atomic E-state index is -1.70. The lowest BCUT2D eigenvalue weighted by molar-refractivity contribution is -0.152. The number of amides is 2. The number of hydrazine groups is 1. The first-order chi connectivity index (χ1) is 12.3. The Bertz CT molecular complexity index is 554. The van der Waals surface area contributed by atoms with Gasteiger partial charge in [-0.15, -0.1) is 0 Å². The van der Waals surface area contributed by atoms with Gasteiger partial charge in [-0.1, -0.05) is 41.7 Å². The van der Waals surface area contributed by atoms with Crippen LogP contribution in [0.2, 0.25) is 0 Å². The first kappa shape index (κ1) is 24.1. The zero-order chi connectivity index (χ0) is 20.8. The summed E-state index contributed by atoms with van der Waals surface area (Å²) in [5.74, 6) is -1.02. The maximum atomic E-state index is 12.5. The van der Waals surface area contributed by atoms with Crippen molar-refractivity contribution >= 4 is 52.8 Å². The van der Waals surface area contributed by atoms with Crippen molar-refractivity contribution in [3.05, 3.63) is 0 Å². The second kappa shape index (κ2) is 10.0. The Kier molecular flexibility index (Phi) is 8.92. The van der Waals surface area contributed by atoms with Crippen LogP contribution in [-0.2, 0) is 19.1 Å². The van der Waals surface area contributed by atoms with Gasteiger partial charge in [0.05, 0.1) is 0 Å². The third-order valence-corrected chi connectivity index (χ3v) is 4.37. The van der Waals surface area contributed by atoms with Gasteiger partial charge in [0.2, 0.25) is 3.79 Å². The molecule has 0 aromatic carbocycles. The summed E-state index contributed by atoms with van der Waals surface area (Å²) in [5.41, 5.74) is 2.16. The third kappa shape index (κ3) is 8.72. The molecule has 1 aliphatic rings. The number of hydrogen-bond acceptors (Lipinski definition) is 6. The van der Waals surface area contributed by atoms with Crippen LogP contribution in [0.4, 0.5) is 4.79 Å². The fourth-order valence-electron chi connectivity index (χ4n) is 2.19. The molecule has 0 aromatic heterocycles. The monoisotopic (exact) mass is 445 g/mol. The Hall–Kier alpha value is -0.960. The van der Waals surface area contributed by atoms with Crippen molar-refractivity contribution in [1.29, 1.82) is 0 Å². The highest BCUT2D eigenvalue weighted by molar-refractivity contribution is 6.67. The number of alkyl carbamates (subject to hydrolysis) is 1. The molecule has 27 heavy (non-hydrogen) atoms. The average Bonchev–Trinajstić information content (AvgIpc) is 2.57. The molecule has 8 nitrogen and oxygen atoms in total. The number of esters is 1. The van der Waals surface area contributed by atoms with E-state index in [4.69, 9.17) is 44.3 Å². The van der Waals surface area contributed by atoms with Crippen LogP contribution in [-0.4, -0.2) is 57.6 Å². The highest BCUT2D eigenvalue weighted by atomic mass is 35.6. The van der Waals surface area contributed by atoms with E-state index in [2.05, 4.69) is 10.7 Å². The van der Waals surface area contributed by atoms with Gasteiger partial charge in [-0.3, -0.25) is 14.6 Å². The second-order valence-corrected chi connectivity index (χ2v) is 9.42. The smallest absolute Gasteiger partial charge is 0.408 e. The summed E-state index contributed by atoms with van der Waals surface area (Å²) in [7, 11) is 0. The molecular formula is C16H26Cl3N3O5. The van der Waals surface area contributed by atoms with Crippen LogP contribution in [0, 0.1) is 0 Å². The standard InChI is InChI=1S/C16H26Cl3N3O5/c1-5-15(3,4)27-14(25)20-10(2)12(23)22-8-6-7-11(21-22)13(24)26-9-16(17,18)19/h10-11,21H,5-9H2,1-4H3,(H,20,25)/t10-,11-/m0/s1. The summed E-state index contributed by atoms with van der Waals surface area (Å²) in [5, 5.41) is 3.77. The first-order valence-electron chi connectivity index (χ1n) is 8.65. The van der Waals surface area contributed by atoms with E-state index in [1.165, 1.54) is 11.9 Å². The molecule has 0 aliphatic carbocycles. The van der Waals surface area contributed by atoms with Crippen LogP contribution < -0.4 is 10.7 Å². The van der Waals surface area contributed by atoms with Crippen molar-refractivity contribution in [3.63, 3.8) is 0 Å². The second-order valence-electron chi connectivity index (χ2n) is 6.91. The Morgan fingerprint density at radius 3 is 2.48 bits per heavy atom. The van der Waals surface area contributed by atoms with Gasteiger partial charge in [0, 0.05) is 6.54 Å². The van der Waals surface area contributed by atoms with Gasteiger partial charge in [-0.2, -0.15) is 0 Å². The Morgan fingerprint density at radius 2 is 1.93 bits per heavy atom. The number of rotatable bonds is 6. The molecule has 2 amide bonds. The SMILES string of the molecule is CCC(C)(C)OC(=O)N[C@@H](C)C(=O)N1CCC[C@@H](C(=O)OCC(Cl)(Cl)Cl)N1. The van der Waals surface area contributed by atoms with E-state index in [0.717, 1.165) is 0 Å². The number of halogens is 3. The van der Waals surface area contributed by atoms with E-state index < -0.39 is 39.4 Å². The lowest BCUT2D eigenvalue weighted by atomic mass is 10.1. The fourth-order valence-corrected chi connectivity index (χ4v) is 2.36. The molecule has 1 fully saturated rings. The minimum Gasteiger partial charge on any atom is -0.460 e. The summed E-state index contributed by atoms with van der Waals surface area (Å²) in [6.45, 7) is 6.97. The highest BCUT2D eigenvalue weighted by Gasteiger charge is 2.33. The van der Waals surface area contributed by atoms with E-state index >= 15 is 0 Å². The van der Waals surface area contributed by atoms with Gasteiger partial charge < -0.3 is 14.8 Å². The van der Waals surface area contributed by atoms with E-state index in [-0.39, 0.29) is 6.61 Å². The molecule has 0 radical (unpaired) electrons. The minimum absolute atomic E-state index is 0.384. The van der Waals surface area contributed by atoms with Crippen LogP contribution >= 0.6 is 34.8 Å². The van der Waals surface area contributed by atoms with E-state index in [9.17, 15) is 14.4 Å². The quantitative estimate of drug-likeness (QED) is 0.481. The Balaban J connectivity index is 2.56. The largest absolute Gasteiger partial charge is 0.460 e. The number of ether oxygens (including phenoxy) is 2. The van der Waals surface area contributed by atoms with Crippen LogP contribution in [0.1, 0.15) is 47.0 Å². The summed E-state index contributed by atoms with van der Waals surface area (Å²) >= 11 is 16.7. The number of nitrogens with one attached hydrogen (secondary N) is 2. The van der Waals surface area contributed by atoms with Crippen LogP contribution in [0.3, 0.4) is 0 Å². The summed E-state index contributed by atoms with van der Waals surface area (Å²) in [6, 6.07) is -1.58.